The standard InChI is InChI=1S/C18H19N5O/c1-22(2)18(24)15-10-19-11-16(21-15)23(3)12-14-7-4-6-13-8-5-9-20-17(13)14/h4-11H,12H2,1-3H3. The number of para-hydroxylation sites is 1. The van der Waals surface area contributed by atoms with E-state index in [-0.39, 0.29) is 5.91 Å². The van der Waals surface area contributed by atoms with Crippen LogP contribution >= 0.6 is 0 Å². The van der Waals surface area contributed by atoms with Crippen LogP contribution < -0.4 is 4.90 Å². The minimum atomic E-state index is -0.162. The number of nitrogens with zero attached hydrogens (tertiary/aromatic N) is 5. The molecule has 2 aromatic heterocycles. The third-order valence-corrected chi connectivity index (χ3v) is 3.76. The number of rotatable bonds is 4. The number of pyridine rings is 1. The molecule has 0 saturated heterocycles. The minimum Gasteiger partial charge on any atom is -0.354 e. The maximum atomic E-state index is 12.0. The number of anilines is 1. The molecule has 0 saturated carbocycles. The predicted octanol–water partition coefficient (Wildman–Crippen LogP) is 2.36. The quantitative estimate of drug-likeness (QED) is 0.738. The molecule has 0 aliphatic heterocycles. The highest BCUT2D eigenvalue weighted by atomic mass is 16.2. The summed E-state index contributed by atoms with van der Waals surface area (Å²) in [4.78, 5) is 28.5. The van der Waals surface area contributed by atoms with E-state index in [0.717, 1.165) is 16.5 Å². The van der Waals surface area contributed by atoms with Gasteiger partial charge in [0.05, 0.1) is 17.9 Å². The SMILES string of the molecule is CN(C)C(=O)c1cncc(N(C)Cc2cccc3cccnc23)n1. The van der Waals surface area contributed by atoms with Crippen LogP contribution in [0.15, 0.2) is 48.9 Å². The van der Waals surface area contributed by atoms with Crippen LogP contribution in [0.5, 0.6) is 0 Å². The van der Waals surface area contributed by atoms with Crippen molar-refractivity contribution in [2.75, 3.05) is 26.0 Å². The van der Waals surface area contributed by atoms with Crippen LogP contribution in [-0.4, -0.2) is 46.9 Å². The number of carbonyl (C=O) groups is 1. The molecule has 0 spiro atoms. The highest BCUT2D eigenvalue weighted by Crippen LogP contribution is 2.19. The van der Waals surface area contributed by atoms with Crippen LogP contribution in [0.3, 0.4) is 0 Å². The van der Waals surface area contributed by atoms with Gasteiger partial charge in [0, 0.05) is 39.3 Å². The Balaban J connectivity index is 1.88. The van der Waals surface area contributed by atoms with E-state index < -0.39 is 0 Å². The monoisotopic (exact) mass is 321 g/mol. The number of amides is 1. The van der Waals surface area contributed by atoms with E-state index in [1.807, 2.05) is 42.3 Å². The average molecular weight is 321 g/mol. The van der Waals surface area contributed by atoms with E-state index in [9.17, 15) is 4.79 Å². The Bertz CT molecular complexity index is 873. The highest BCUT2D eigenvalue weighted by molar-refractivity contribution is 5.92. The fourth-order valence-electron chi connectivity index (χ4n) is 2.50. The molecule has 0 N–H and O–H groups in total. The second kappa shape index (κ2) is 6.62. The van der Waals surface area contributed by atoms with Crippen LogP contribution in [0.2, 0.25) is 0 Å². The molecule has 122 valence electrons. The fraction of sp³-hybridized carbons (Fsp3) is 0.222. The van der Waals surface area contributed by atoms with E-state index in [4.69, 9.17) is 0 Å². The minimum absolute atomic E-state index is 0.162. The maximum absolute atomic E-state index is 12.0. The summed E-state index contributed by atoms with van der Waals surface area (Å²) in [5, 5.41) is 1.10. The Morgan fingerprint density at radius 3 is 2.67 bits per heavy atom. The second-order valence-corrected chi connectivity index (χ2v) is 5.81. The second-order valence-electron chi connectivity index (χ2n) is 5.81. The summed E-state index contributed by atoms with van der Waals surface area (Å²) in [5.74, 6) is 0.486. The number of fused-ring (bicyclic) bond motifs is 1. The predicted molar refractivity (Wildman–Crippen MR) is 93.9 cm³/mol. The Labute approximate surface area is 140 Å². The van der Waals surface area contributed by atoms with E-state index in [2.05, 4.69) is 15.0 Å². The molecule has 6 nitrogen and oxygen atoms in total. The smallest absolute Gasteiger partial charge is 0.273 e. The van der Waals surface area contributed by atoms with Gasteiger partial charge in [0.2, 0.25) is 0 Å². The van der Waals surface area contributed by atoms with Crippen molar-refractivity contribution < 1.29 is 4.79 Å². The summed E-state index contributed by atoms with van der Waals surface area (Å²) >= 11 is 0. The van der Waals surface area contributed by atoms with E-state index in [1.54, 1.807) is 26.5 Å². The van der Waals surface area contributed by atoms with Crippen molar-refractivity contribution in [1.82, 2.24) is 19.9 Å². The Hall–Kier alpha value is -3.02. The summed E-state index contributed by atoms with van der Waals surface area (Å²) in [5.41, 5.74) is 2.41. The largest absolute Gasteiger partial charge is 0.354 e. The van der Waals surface area contributed by atoms with Crippen molar-refractivity contribution in [2.24, 2.45) is 0 Å². The first-order valence-corrected chi connectivity index (χ1v) is 7.63. The molecule has 0 aliphatic rings. The molecule has 0 bridgehead atoms. The van der Waals surface area contributed by atoms with Crippen molar-refractivity contribution >= 4 is 22.6 Å². The Morgan fingerprint density at radius 2 is 1.88 bits per heavy atom. The van der Waals surface area contributed by atoms with Crippen molar-refractivity contribution in [1.29, 1.82) is 0 Å². The number of carbonyl (C=O) groups excluding carboxylic acids is 1. The lowest BCUT2D eigenvalue weighted by atomic mass is 10.1. The van der Waals surface area contributed by atoms with Gasteiger partial charge < -0.3 is 9.80 Å². The number of hydrogen-bond donors (Lipinski definition) is 0. The Kier molecular flexibility index (Phi) is 4.37. The molecular formula is C18H19N5O. The van der Waals surface area contributed by atoms with Gasteiger partial charge in [0.25, 0.3) is 5.91 Å². The molecule has 0 radical (unpaired) electrons. The van der Waals surface area contributed by atoms with E-state index in [0.29, 0.717) is 18.1 Å². The molecule has 1 aromatic carbocycles. The molecule has 0 aliphatic carbocycles. The molecule has 24 heavy (non-hydrogen) atoms. The third kappa shape index (κ3) is 3.17. The molecule has 0 atom stereocenters. The van der Waals surface area contributed by atoms with Crippen molar-refractivity contribution in [3.8, 4) is 0 Å². The van der Waals surface area contributed by atoms with Gasteiger partial charge in [0.1, 0.15) is 11.5 Å². The van der Waals surface area contributed by atoms with E-state index >= 15 is 0 Å². The summed E-state index contributed by atoms with van der Waals surface area (Å²) in [7, 11) is 5.32. The van der Waals surface area contributed by atoms with Crippen molar-refractivity contribution in [2.45, 2.75) is 6.54 Å². The van der Waals surface area contributed by atoms with Crippen LogP contribution in [0.25, 0.3) is 10.9 Å². The molecule has 3 rings (SSSR count). The summed E-state index contributed by atoms with van der Waals surface area (Å²) in [6, 6.07) is 10.1. The topological polar surface area (TPSA) is 62.2 Å². The fourth-order valence-corrected chi connectivity index (χ4v) is 2.50. The zero-order valence-electron chi connectivity index (χ0n) is 14.0. The lowest BCUT2D eigenvalue weighted by Gasteiger charge is -2.19. The highest BCUT2D eigenvalue weighted by Gasteiger charge is 2.13. The lowest BCUT2D eigenvalue weighted by Crippen LogP contribution is -2.25. The molecule has 3 aromatic rings. The molecule has 6 heteroatoms. The number of aromatic nitrogens is 3. The molecule has 0 fully saturated rings. The first kappa shape index (κ1) is 15.9. The van der Waals surface area contributed by atoms with Crippen LogP contribution in [-0.2, 0) is 6.54 Å². The summed E-state index contributed by atoms with van der Waals surface area (Å²) in [6.45, 7) is 0.628. The zero-order valence-corrected chi connectivity index (χ0v) is 14.0. The van der Waals surface area contributed by atoms with Gasteiger partial charge >= 0.3 is 0 Å². The van der Waals surface area contributed by atoms with Crippen molar-refractivity contribution in [3.63, 3.8) is 0 Å². The van der Waals surface area contributed by atoms with Crippen LogP contribution in [0, 0.1) is 0 Å². The van der Waals surface area contributed by atoms with Gasteiger partial charge in [-0.2, -0.15) is 0 Å². The third-order valence-electron chi connectivity index (χ3n) is 3.76. The summed E-state index contributed by atoms with van der Waals surface area (Å²) in [6.07, 6.45) is 4.94. The molecular weight excluding hydrogens is 302 g/mol. The van der Waals surface area contributed by atoms with Crippen molar-refractivity contribution in [3.05, 3.63) is 60.2 Å². The maximum Gasteiger partial charge on any atom is 0.273 e. The van der Waals surface area contributed by atoms with Crippen LogP contribution in [0.1, 0.15) is 16.1 Å². The first-order chi connectivity index (χ1) is 11.6. The number of hydrogen-bond acceptors (Lipinski definition) is 5. The summed E-state index contributed by atoms with van der Waals surface area (Å²) < 4.78 is 0. The van der Waals surface area contributed by atoms with Crippen LogP contribution in [0.4, 0.5) is 5.82 Å². The average Bonchev–Trinajstić information content (AvgIpc) is 2.61. The molecule has 1 amide bonds. The number of benzene rings is 1. The van der Waals surface area contributed by atoms with Gasteiger partial charge in [-0.25, -0.2) is 4.98 Å². The zero-order chi connectivity index (χ0) is 17.1. The van der Waals surface area contributed by atoms with Gasteiger partial charge in [-0.15, -0.1) is 0 Å². The van der Waals surface area contributed by atoms with Gasteiger partial charge in [-0.1, -0.05) is 24.3 Å². The molecule has 0 unspecified atom stereocenters. The normalized spacial score (nSPS) is 10.6. The Morgan fingerprint density at radius 1 is 1.08 bits per heavy atom. The molecule has 2 heterocycles. The van der Waals surface area contributed by atoms with Gasteiger partial charge in [0.15, 0.2) is 0 Å². The van der Waals surface area contributed by atoms with E-state index in [1.165, 1.54) is 11.1 Å². The van der Waals surface area contributed by atoms with Gasteiger partial charge in [-0.3, -0.25) is 14.8 Å². The van der Waals surface area contributed by atoms with Gasteiger partial charge in [-0.05, 0) is 11.6 Å². The first-order valence-electron chi connectivity index (χ1n) is 7.63. The lowest BCUT2D eigenvalue weighted by molar-refractivity contribution is 0.0821.